The second-order valence-electron chi connectivity index (χ2n) is 5.09. The van der Waals surface area contributed by atoms with E-state index in [1.54, 1.807) is 4.90 Å². The number of piperidine rings is 1. The lowest BCUT2D eigenvalue weighted by Gasteiger charge is -2.30. The van der Waals surface area contributed by atoms with Crippen molar-refractivity contribution in [1.29, 1.82) is 0 Å². The minimum atomic E-state index is -0.397. The molecule has 1 aromatic rings. The number of rotatable bonds is 1. The molecule has 0 saturated carbocycles. The summed E-state index contributed by atoms with van der Waals surface area (Å²) >= 11 is 3.44. The first-order valence-electron chi connectivity index (χ1n) is 6.48. The van der Waals surface area contributed by atoms with Gasteiger partial charge in [0.1, 0.15) is 0 Å². The van der Waals surface area contributed by atoms with Gasteiger partial charge in [0.2, 0.25) is 0 Å². The monoisotopic (exact) mass is 326 g/mol. The zero-order valence-electron chi connectivity index (χ0n) is 11.2. The number of nitrogens with zero attached hydrogens (tertiary/aromatic N) is 1. The average molecular weight is 327 g/mol. The molecule has 0 bridgehead atoms. The summed E-state index contributed by atoms with van der Waals surface area (Å²) < 4.78 is 1.01. The number of hydrogen-bond donors (Lipinski definition) is 2. The summed E-state index contributed by atoms with van der Waals surface area (Å²) in [6, 6.07) is 3.83. The highest BCUT2D eigenvalue weighted by Gasteiger charge is 2.22. The molecule has 1 aliphatic heterocycles. The molecule has 0 spiro atoms. The maximum Gasteiger partial charge on any atom is 0.321 e. The molecule has 0 aromatic heterocycles. The maximum absolute atomic E-state index is 12.2. The lowest BCUT2D eigenvalue weighted by molar-refractivity contribution is 0.0883. The number of β-amino-alcohol motifs (C(OH)–C–C–N with tert-alkyl or cyclic N) is 1. The van der Waals surface area contributed by atoms with Crippen molar-refractivity contribution in [1.82, 2.24) is 4.90 Å². The van der Waals surface area contributed by atoms with E-state index >= 15 is 0 Å². The first-order chi connectivity index (χ1) is 8.97. The van der Waals surface area contributed by atoms with Crippen LogP contribution in [0.5, 0.6) is 0 Å². The van der Waals surface area contributed by atoms with Crippen LogP contribution in [0.1, 0.15) is 24.0 Å². The van der Waals surface area contributed by atoms with E-state index in [4.69, 9.17) is 0 Å². The van der Waals surface area contributed by atoms with Crippen molar-refractivity contribution >= 4 is 27.6 Å². The molecule has 5 heteroatoms. The molecule has 1 unspecified atom stereocenters. The van der Waals surface area contributed by atoms with Gasteiger partial charge in [0.05, 0.1) is 6.10 Å². The third-order valence-corrected chi connectivity index (χ3v) is 3.87. The molecule has 2 rings (SSSR count). The summed E-state index contributed by atoms with van der Waals surface area (Å²) in [7, 11) is 0. The summed E-state index contributed by atoms with van der Waals surface area (Å²) in [5, 5.41) is 12.6. The molecule has 1 atom stereocenters. The van der Waals surface area contributed by atoms with Gasteiger partial charge in [-0.15, -0.1) is 0 Å². The number of nitrogens with one attached hydrogen (secondary N) is 1. The number of halogens is 1. The van der Waals surface area contributed by atoms with Gasteiger partial charge < -0.3 is 15.3 Å². The Morgan fingerprint density at radius 3 is 2.63 bits per heavy atom. The van der Waals surface area contributed by atoms with Gasteiger partial charge in [-0.1, -0.05) is 15.9 Å². The smallest absolute Gasteiger partial charge is 0.321 e. The molecular formula is C14H19BrN2O2. The Balaban J connectivity index is 2.10. The Bertz CT molecular complexity index is 467. The number of aliphatic hydroxyl groups excluding tert-OH is 1. The number of aliphatic hydroxyl groups is 1. The first kappa shape index (κ1) is 14.3. The lowest BCUT2D eigenvalue weighted by atomic mass is 10.1. The Kier molecular flexibility index (Phi) is 4.47. The van der Waals surface area contributed by atoms with E-state index in [9.17, 15) is 9.90 Å². The number of benzene rings is 1. The predicted octanol–water partition coefficient (Wildman–Crippen LogP) is 3.05. The molecule has 1 saturated heterocycles. The second-order valence-corrected chi connectivity index (χ2v) is 6.00. The van der Waals surface area contributed by atoms with Gasteiger partial charge in [-0.05, 0) is 49.9 Å². The summed E-state index contributed by atoms with van der Waals surface area (Å²) in [6.45, 7) is 5.06. The molecule has 0 aliphatic carbocycles. The fraction of sp³-hybridized carbons (Fsp3) is 0.500. The number of hydrogen-bond acceptors (Lipinski definition) is 2. The van der Waals surface area contributed by atoms with Crippen LogP contribution in [0, 0.1) is 13.8 Å². The van der Waals surface area contributed by atoms with Crippen LogP contribution >= 0.6 is 15.9 Å². The normalized spacial score (nSPS) is 19.4. The van der Waals surface area contributed by atoms with Crippen molar-refractivity contribution in [3.05, 3.63) is 27.7 Å². The number of carbonyl (C=O) groups is 1. The Morgan fingerprint density at radius 2 is 2.05 bits per heavy atom. The van der Waals surface area contributed by atoms with E-state index in [1.165, 1.54) is 0 Å². The third kappa shape index (κ3) is 3.48. The number of urea groups is 1. The topological polar surface area (TPSA) is 52.6 Å². The zero-order chi connectivity index (χ0) is 14.0. The van der Waals surface area contributed by atoms with Crippen molar-refractivity contribution in [2.75, 3.05) is 18.4 Å². The average Bonchev–Trinajstić information content (AvgIpc) is 2.33. The number of carbonyl (C=O) groups excluding carboxylic acids is 1. The molecule has 1 fully saturated rings. The highest BCUT2D eigenvalue weighted by Crippen LogP contribution is 2.25. The van der Waals surface area contributed by atoms with Crippen molar-refractivity contribution in [3.63, 3.8) is 0 Å². The van der Waals surface area contributed by atoms with E-state index in [-0.39, 0.29) is 6.03 Å². The van der Waals surface area contributed by atoms with Gasteiger partial charge >= 0.3 is 6.03 Å². The van der Waals surface area contributed by atoms with Crippen molar-refractivity contribution in [3.8, 4) is 0 Å². The van der Waals surface area contributed by atoms with Crippen LogP contribution in [0.25, 0.3) is 0 Å². The van der Waals surface area contributed by atoms with Crippen molar-refractivity contribution in [2.24, 2.45) is 0 Å². The Morgan fingerprint density at radius 1 is 1.42 bits per heavy atom. The maximum atomic E-state index is 12.2. The van der Waals surface area contributed by atoms with E-state index in [1.807, 2.05) is 26.0 Å². The number of amides is 2. The molecule has 4 nitrogen and oxygen atoms in total. The summed E-state index contributed by atoms with van der Waals surface area (Å²) in [6.07, 6.45) is 1.24. The largest absolute Gasteiger partial charge is 0.391 e. The SMILES string of the molecule is Cc1cc(Br)cc(C)c1NC(=O)N1CCCC(O)C1. The van der Waals surface area contributed by atoms with Gasteiger partial charge in [-0.25, -0.2) is 4.79 Å². The minimum Gasteiger partial charge on any atom is -0.391 e. The summed E-state index contributed by atoms with van der Waals surface area (Å²) in [5.74, 6) is 0. The van der Waals surface area contributed by atoms with E-state index in [0.29, 0.717) is 13.1 Å². The molecule has 0 radical (unpaired) electrons. The summed E-state index contributed by atoms with van der Waals surface area (Å²) in [4.78, 5) is 13.9. The number of likely N-dealkylation sites (tertiary alicyclic amines) is 1. The number of anilines is 1. The Hall–Kier alpha value is -1.07. The van der Waals surface area contributed by atoms with Gasteiger partial charge in [0.25, 0.3) is 0 Å². The van der Waals surface area contributed by atoms with Gasteiger partial charge in [0.15, 0.2) is 0 Å². The van der Waals surface area contributed by atoms with Crippen molar-refractivity contribution < 1.29 is 9.90 Å². The predicted molar refractivity (Wildman–Crippen MR) is 79.4 cm³/mol. The van der Waals surface area contributed by atoms with Crippen LogP contribution < -0.4 is 5.32 Å². The van der Waals surface area contributed by atoms with Crippen molar-refractivity contribution in [2.45, 2.75) is 32.8 Å². The summed E-state index contributed by atoms with van der Waals surface area (Å²) in [5.41, 5.74) is 2.91. The van der Waals surface area contributed by atoms with Crippen LogP contribution in [0.3, 0.4) is 0 Å². The molecule has 1 aromatic carbocycles. The quantitative estimate of drug-likeness (QED) is 0.833. The van der Waals surface area contributed by atoms with Gasteiger partial charge in [0, 0.05) is 23.2 Å². The highest BCUT2D eigenvalue weighted by molar-refractivity contribution is 9.10. The van der Waals surface area contributed by atoms with E-state index in [2.05, 4.69) is 21.2 Å². The van der Waals surface area contributed by atoms with Crippen LogP contribution in [0.4, 0.5) is 10.5 Å². The Labute approximate surface area is 121 Å². The van der Waals surface area contributed by atoms with Crippen LogP contribution in [-0.2, 0) is 0 Å². The minimum absolute atomic E-state index is 0.132. The molecule has 2 amide bonds. The van der Waals surface area contributed by atoms with Gasteiger partial charge in [-0.2, -0.15) is 0 Å². The molecular weight excluding hydrogens is 308 g/mol. The lowest BCUT2D eigenvalue weighted by Crippen LogP contribution is -2.44. The van der Waals surface area contributed by atoms with Crippen LogP contribution in [-0.4, -0.2) is 35.2 Å². The highest BCUT2D eigenvalue weighted by atomic mass is 79.9. The molecule has 1 aliphatic rings. The van der Waals surface area contributed by atoms with Crippen LogP contribution in [0.15, 0.2) is 16.6 Å². The molecule has 19 heavy (non-hydrogen) atoms. The third-order valence-electron chi connectivity index (χ3n) is 3.41. The van der Waals surface area contributed by atoms with Gasteiger partial charge in [-0.3, -0.25) is 0 Å². The van der Waals surface area contributed by atoms with E-state index < -0.39 is 6.10 Å². The number of aryl methyl sites for hydroxylation is 2. The second kappa shape index (κ2) is 5.92. The fourth-order valence-electron chi connectivity index (χ4n) is 2.43. The molecule has 2 N–H and O–H groups in total. The molecule has 104 valence electrons. The van der Waals surface area contributed by atoms with Crippen LogP contribution in [0.2, 0.25) is 0 Å². The first-order valence-corrected chi connectivity index (χ1v) is 7.27. The van der Waals surface area contributed by atoms with E-state index in [0.717, 1.165) is 34.1 Å². The fourth-order valence-corrected chi connectivity index (χ4v) is 3.12. The standard InChI is InChI=1S/C14H19BrN2O2/c1-9-6-11(15)7-10(2)13(9)16-14(19)17-5-3-4-12(18)8-17/h6-7,12,18H,3-5,8H2,1-2H3,(H,16,19). The molecule has 1 heterocycles. The zero-order valence-corrected chi connectivity index (χ0v) is 12.8.